The fourth-order valence-electron chi connectivity index (χ4n) is 2.49. The number of nitrogens with zero attached hydrogens (tertiary/aromatic N) is 1. The molecule has 1 heterocycles. The topological polar surface area (TPSA) is 106 Å². The first-order valence-corrected chi connectivity index (χ1v) is 11.2. The Morgan fingerprint density at radius 3 is 1.91 bits per heavy atom. The van der Waals surface area contributed by atoms with Gasteiger partial charge < -0.3 is 16.4 Å². The van der Waals surface area contributed by atoms with Gasteiger partial charge in [-0.3, -0.25) is 14.4 Å². The second-order valence-corrected chi connectivity index (χ2v) is 9.00. The number of carbonyl (C=O) groups is 3. The van der Waals surface area contributed by atoms with Crippen molar-refractivity contribution in [3.05, 3.63) is 21.8 Å². The minimum absolute atomic E-state index is 0.0189. The first-order valence-electron chi connectivity index (χ1n) is 6.40. The van der Waals surface area contributed by atoms with Crippen molar-refractivity contribution in [2.75, 3.05) is 9.33 Å². The van der Waals surface area contributed by atoms with Crippen LogP contribution in [0.5, 0.6) is 0 Å². The zero-order valence-electron chi connectivity index (χ0n) is 11.5. The van der Waals surface area contributed by atoms with Gasteiger partial charge in [0.2, 0.25) is 5.91 Å². The van der Waals surface area contributed by atoms with E-state index in [0.717, 1.165) is 10.8 Å². The van der Waals surface area contributed by atoms with Crippen LogP contribution in [0.2, 0.25) is 0 Å². The third kappa shape index (κ3) is 3.58. The molecule has 10 heteroatoms. The zero-order valence-corrected chi connectivity index (χ0v) is 20.2. The number of hydrogen-bond donors (Lipinski definition) is 2. The van der Waals surface area contributed by atoms with Gasteiger partial charge in [-0.25, -0.2) is 0 Å². The molecule has 2 rings (SSSR count). The molecule has 1 atom stereocenters. The maximum absolute atomic E-state index is 12.4. The van der Waals surface area contributed by atoms with Gasteiger partial charge in [0.15, 0.2) is 0 Å². The molecule has 23 heavy (non-hydrogen) atoms. The minimum Gasteiger partial charge on any atom is -0.366 e. The SMILES string of the molecule is NC(=O)c1c(I)c(C(N)=O)c(I)c(N2C(=O)CCC2CI)c1I. The van der Waals surface area contributed by atoms with Gasteiger partial charge in [0.1, 0.15) is 0 Å². The quantitative estimate of drug-likeness (QED) is 0.364. The van der Waals surface area contributed by atoms with Crippen LogP contribution in [-0.4, -0.2) is 28.2 Å². The minimum atomic E-state index is -0.642. The van der Waals surface area contributed by atoms with Gasteiger partial charge in [-0.05, 0) is 74.2 Å². The van der Waals surface area contributed by atoms with Crippen LogP contribution in [0.4, 0.5) is 5.69 Å². The van der Waals surface area contributed by atoms with Crippen molar-refractivity contribution in [2.24, 2.45) is 11.5 Å². The molecule has 0 spiro atoms. The molecule has 1 aromatic rings. The van der Waals surface area contributed by atoms with Crippen LogP contribution in [0.25, 0.3) is 0 Å². The van der Waals surface area contributed by atoms with Crippen LogP contribution in [0, 0.1) is 10.7 Å². The number of anilines is 1. The Morgan fingerprint density at radius 2 is 1.52 bits per heavy atom. The standard InChI is InChI=1S/C13H11I4N3O3/c14-3-4-1-2-5(21)20(4)11-9(16)6(12(18)22)8(15)7(10(11)17)13(19)23/h4H,1-3H2,(H2,18,22)(H2,19,23). The number of benzene rings is 1. The second kappa shape index (κ2) is 7.84. The molecular weight excluding hydrogens is 754 g/mol. The van der Waals surface area contributed by atoms with Gasteiger partial charge in [0.25, 0.3) is 11.8 Å². The average Bonchev–Trinajstić information content (AvgIpc) is 2.79. The molecule has 124 valence electrons. The van der Waals surface area contributed by atoms with Gasteiger partial charge in [0, 0.05) is 20.5 Å². The molecule has 0 bridgehead atoms. The molecule has 1 aliphatic heterocycles. The molecule has 0 saturated carbocycles. The number of hydrogen-bond acceptors (Lipinski definition) is 3. The first-order chi connectivity index (χ1) is 10.7. The lowest BCUT2D eigenvalue weighted by atomic mass is 10.1. The van der Waals surface area contributed by atoms with E-state index in [-0.39, 0.29) is 23.1 Å². The van der Waals surface area contributed by atoms with Gasteiger partial charge in [-0.1, -0.05) is 22.6 Å². The summed E-state index contributed by atoms with van der Waals surface area (Å²) >= 11 is 8.17. The highest BCUT2D eigenvalue weighted by molar-refractivity contribution is 14.1. The molecule has 0 aliphatic carbocycles. The molecule has 6 nitrogen and oxygen atoms in total. The van der Waals surface area contributed by atoms with Crippen LogP contribution in [-0.2, 0) is 4.79 Å². The molecule has 1 unspecified atom stereocenters. The summed E-state index contributed by atoms with van der Waals surface area (Å²) in [5.41, 5.74) is 12.0. The van der Waals surface area contributed by atoms with Crippen molar-refractivity contribution in [2.45, 2.75) is 18.9 Å². The third-order valence-corrected chi connectivity index (χ3v) is 7.73. The molecule has 1 fully saturated rings. The molecule has 4 N–H and O–H groups in total. The van der Waals surface area contributed by atoms with Crippen molar-refractivity contribution >= 4 is 114 Å². The van der Waals surface area contributed by atoms with E-state index in [0.29, 0.717) is 22.8 Å². The van der Waals surface area contributed by atoms with Crippen molar-refractivity contribution in [3.8, 4) is 0 Å². The van der Waals surface area contributed by atoms with Gasteiger partial charge in [0.05, 0.1) is 24.0 Å². The zero-order chi connectivity index (χ0) is 17.5. The number of amides is 3. The monoisotopic (exact) mass is 765 g/mol. The lowest BCUT2D eigenvalue weighted by Crippen LogP contribution is -2.37. The lowest BCUT2D eigenvalue weighted by molar-refractivity contribution is -0.117. The van der Waals surface area contributed by atoms with E-state index in [4.69, 9.17) is 11.5 Å². The predicted octanol–water partition coefficient (Wildman–Crippen LogP) is 2.63. The lowest BCUT2D eigenvalue weighted by Gasteiger charge is -2.28. The Kier molecular flexibility index (Phi) is 6.77. The van der Waals surface area contributed by atoms with E-state index >= 15 is 0 Å². The van der Waals surface area contributed by atoms with Gasteiger partial charge >= 0.3 is 0 Å². The highest BCUT2D eigenvalue weighted by Crippen LogP contribution is 2.40. The number of alkyl halides is 1. The molecule has 0 aromatic heterocycles. The first kappa shape index (κ1) is 19.9. The molecule has 1 saturated heterocycles. The number of primary amides is 2. The summed E-state index contributed by atoms with van der Waals surface area (Å²) in [4.78, 5) is 37.8. The fourth-order valence-corrected chi connectivity index (χ4v) is 8.08. The average molecular weight is 765 g/mol. The Balaban J connectivity index is 2.85. The summed E-state index contributed by atoms with van der Waals surface area (Å²) < 4.78 is 2.36. The summed E-state index contributed by atoms with van der Waals surface area (Å²) in [7, 11) is 0. The van der Waals surface area contributed by atoms with E-state index < -0.39 is 11.8 Å². The molecule has 3 amide bonds. The number of rotatable bonds is 4. The van der Waals surface area contributed by atoms with Crippen LogP contribution < -0.4 is 16.4 Å². The smallest absolute Gasteiger partial charge is 0.250 e. The summed E-state index contributed by atoms with van der Waals surface area (Å²) in [5.74, 6) is -1.30. The fraction of sp³-hybridized carbons (Fsp3) is 0.308. The maximum Gasteiger partial charge on any atom is 0.250 e. The van der Waals surface area contributed by atoms with Crippen molar-refractivity contribution in [1.29, 1.82) is 0 Å². The highest BCUT2D eigenvalue weighted by atomic mass is 127. The van der Waals surface area contributed by atoms with Crippen LogP contribution >= 0.6 is 90.4 Å². The Hall–Kier alpha value is 0.550. The van der Waals surface area contributed by atoms with Crippen molar-refractivity contribution < 1.29 is 14.4 Å². The van der Waals surface area contributed by atoms with Crippen LogP contribution in [0.15, 0.2) is 0 Å². The van der Waals surface area contributed by atoms with E-state index in [1.54, 1.807) is 4.90 Å². The molecule has 0 radical (unpaired) electrons. The van der Waals surface area contributed by atoms with E-state index in [1.807, 2.05) is 67.8 Å². The summed E-state index contributed by atoms with van der Waals surface area (Å²) in [6.45, 7) is 0. The number of nitrogens with two attached hydrogens (primary N) is 2. The summed E-state index contributed by atoms with van der Waals surface area (Å²) in [6.07, 6.45) is 1.20. The Morgan fingerprint density at radius 1 is 1.04 bits per heavy atom. The predicted molar refractivity (Wildman–Crippen MR) is 121 cm³/mol. The van der Waals surface area contributed by atoms with E-state index in [1.165, 1.54) is 0 Å². The number of carbonyl (C=O) groups excluding carboxylic acids is 3. The number of halogens is 4. The molecular formula is C13H11I4N3O3. The van der Waals surface area contributed by atoms with Crippen molar-refractivity contribution in [1.82, 2.24) is 0 Å². The summed E-state index contributed by atoms with van der Waals surface area (Å²) in [6, 6.07) is 0.0339. The van der Waals surface area contributed by atoms with E-state index in [9.17, 15) is 14.4 Å². The van der Waals surface area contributed by atoms with Crippen LogP contribution in [0.1, 0.15) is 33.6 Å². The van der Waals surface area contributed by atoms with Crippen molar-refractivity contribution in [3.63, 3.8) is 0 Å². The normalized spacial score (nSPS) is 17.7. The van der Waals surface area contributed by atoms with Gasteiger partial charge in [-0.2, -0.15) is 0 Å². The maximum atomic E-state index is 12.4. The van der Waals surface area contributed by atoms with E-state index in [2.05, 4.69) is 22.6 Å². The van der Waals surface area contributed by atoms with Gasteiger partial charge in [-0.15, -0.1) is 0 Å². The Labute approximate surface area is 187 Å². The molecule has 1 aliphatic rings. The Bertz CT molecular complexity index is 682. The third-order valence-electron chi connectivity index (χ3n) is 3.53. The van der Waals surface area contributed by atoms with Crippen LogP contribution in [0.3, 0.4) is 0 Å². The second-order valence-electron chi connectivity index (χ2n) is 4.88. The molecule has 1 aromatic carbocycles. The highest BCUT2D eigenvalue weighted by Gasteiger charge is 2.37. The summed E-state index contributed by atoms with van der Waals surface area (Å²) in [5, 5.41) is 0. The largest absolute Gasteiger partial charge is 0.366 e.